The van der Waals surface area contributed by atoms with Crippen LogP contribution in [0.4, 0.5) is 4.39 Å². The van der Waals surface area contributed by atoms with E-state index in [0.29, 0.717) is 17.5 Å². The minimum Gasteiger partial charge on any atom is -0.338 e. The summed E-state index contributed by atoms with van der Waals surface area (Å²) in [5, 5.41) is 3.91. The molecule has 0 N–H and O–H groups in total. The summed E-state index contributed by atoms with van der Waals surface area (Å²) >= 11 is 5.05. The molecule has 2 aromatic carbocycles. The fourth-order valence-electron chi connectivity index (χ4n) is 1.73. The fourth-order valence-corrected chi connectivity index (χ4v) is 3.07. The number of benzene rings is 2. The number of aromatic nitrogens is 2. The quantitative estimate of drug-likeness (QED) is 0.615. The van der Waals surface area contributed by atoms with E-state index in [9.17, 15) is 4.39 Å². The first-order valence-corrected chi connectivity index (χ1v) is 7.95. The average Bonchev–Trinajstić information content (AvgIpc) is 2.95. The summed E-state index contributed by atoms with van der Waals surface area (Å²) in [4.78, 5) is 5.43. The second kappa shape index (κ2) is 6.41. The lowest BCUT2D eigenvalue weighted by Gasteiger charge is -1.98. The molecule has 0 aliphatic carbocycles. The highest BCUT2D eigenvalue weighted by Crippen LogP contribution is 2.25. The molecule has 0 bridgehead atoms. The van der Waals surface area contributed by atoms with Crippen molar-refractivity contribution in [3.05, 3.63) is 64.7 Å². The first-order valence-electron chi connectivity index (χ1n) is 6.17. The predicted molar refractivity (Wildman–Crippen MR) is 83.4 cm³/mol. The SMILES string of the molecule is Fc1ccc(-c2noc(CSc3cccc(Br)c3)n2)cc1. The van der Waals surface area contributed by atoms with Crippen LogP contribution >= 0.6 is 27.7 Å². The third-order valence-electron chi connectivity index (χ3n) is 2.73. The summed E-state index contributed by atoms with van der Waals surface area (Å²) in [7, 11) is 0. The van der Waals surface area contributed by atoms with Crippen molar-refractivity contribution in [1.82, 2.24) is 10.1 Å². The Balaban J connectivity index is 1.69. The summed E-state index contributed by atoms with van der Waals surface area (Å²) in [5.74, 6) is 1.32. The van der Waals surface area contributed by atoms with Gasteiger partial charge in [-0.05, 0) is 42.5 Å². The number of nitrogens with zero attached hydrogens (tertiary/aromatic N) is 2. The van der Waals surface area contributed by atoms with E-state index in [0.717, 1.165) is 14.9 Å². The molecule has 0 aliphatic rings. The number of rotatable bonds is 4. The van der Waals surface area contributed by atoms with Crippen LogP contribution in [0.3, 0.4) is 0 Å². The van der Waals surface area contributed by atoms with Gasteiger partial charge in [0.2, 0.25) is 11.7 Å². The molecule has 0 fully saturated rings. The van der Waals surface area contributed by atoms with E-state index in [4.69, 9.17) is 4.52 Å². The van der Waals surface area contributed by atoms with Crippen molar-refractivity contribution in [2.24, 2.45) is 0 Å². The van der Waals surface area contributed by atoms with Crippen molar-refractivity contribution < 1.29 is 8.91 Å². The lowest BCUT2D eigenvalue weighted by Crippen LogP contribution is -1.83. The highest BCUT2D eigenvalue weighted by atomic mass is 79.9. The minimum absolute atomic E-state index is 0.285. The molecule has 1 aromatic heterocycles. The van der Waals surface area contributed by atoms with E-state index in [2.05, 4.69) is 26.1 Å². The Kier molecular flexibility index (Phi) is 4.36. The summed E-state index contributed by atoms with van der Waals surface area (Å²) in [5.41, 5.74) is 0.735. The number of hydrogen-bond acceptors (Lipinski definition) is 4. The molecule has 0 saturated heterocycles. The van der Waals surface area contributed by atoms with Gasteiger partial charge in [-0.2, -0.15) is 4.98 Å². The Morgan fingerprint density at radius 3 is 2.71 bits per heavy atom. The third-order valence-corrected chi connectivity index (χ3v) is 4.20. The highest BCUT2D eigenvalue weighted by Gasteiger charge is 2.09. The zero-order valence-electron chi connectivity index (χ0n) is 10.8. The van der Waals surface area contributed by atoms with Crippen LogP contribution in [0.1, 0.15) is 5.89 Å². The molecule has 0 spiro atoms. The molecule has 3 rings (SSSR count). The van der Waals surface area contributed by atoms with Gasteiger partial charge in [0, 0.05) is 14.9 Å². The van der Waals surface area contributed by atoms with Crippen LogP contribution in [-0.2, 0) is 5.75 Å². The van der Waals surface area contributed by atoms with E-state index in [1.54, 1.807) is 23.9 Å². The van der Waals surface area contributed by atoms with Crippen molar-refractivity contribution in [2.45, 2.75) is 10.6 Å². The van der Waals surface area contributed by atoms with Gasteiger partial charge in [0.05, 0.1) is 5.75 Å². The molecular weight excluding hydrogens is 355 g/mol. The maximum absolute atomic E-state index is 12.9. The van der Waals surface area contributed by atoms with Gasteiger partial charge in [0.15, 0.2) is 0 Å². The number of hydrogen-bond donors (Lipinski definition) is 0. The van der Waals surface area contributed by atoms with Crippen molar-refractivity contribution in [2.75, 3.05) is 0 Å². The van der Waals surface area contributed by atoms with Gasteiger partial charge < -0.3 is 4.52 Å². The van der Waals surface area contributed by atoms with Gasteiger partial charge in [-0.1, -0.05) is 27.2 Å². The first kappa shape index (κ1) is 14.3. The Bertz CT molecular complexity index is 745. The molecule has 21 heavy (non-hydrogen) atoms. The summed E-state index contributed by atoms with van der Waals surface area (Å²) < 4.78 is 19.1. The van der Waals surface area contributed by atoms with Gasteiger partial charge in [0.1, 0.15) is 5.82 Å². The van der Waals surface area contributed by atoms with Crippen LogP contribution in [0, 0.1) is 5.82 Å². The average molecular weight is 365 g/mol. The van der Waals surface area contributed by atoms with Crippen LogP contribution in [0.2, 0.25) is 0 Å². The fraction of sp³-hybridized carbons (Fsp3) is 0.0667. The Labute approximate surface area is 133 Å². The highest BCUT2D eigenvalue weighted by molar-refractivity contribution is 9.10. The van der Waals surface area contributed by atoms with Crippen LogP contribution in [-0.4, -0.2) is 10.1 Å². The van der Waals surface area contributed by atoms with E-state index in [1.165, 1.54) is 12.1 Å². The maximum atomic E-state index is 12.9. The largest absolute Gasteiger partial charge is 0.338 e. The predicted octanol–water partition coefficient (Wildman–Crippen LogP) is 4.93. The molecule has 0 radical (unpaired) electrons. The molecule has 3 nitrogen and oxygen atoms in total. The topological polar surface area (TPSA) is 38.9 Å². The van der Waals surface area contributed by atoms with Gasteiger partial charge in [-0.25, -0.2) is 4.39 Å². The molecule has 3 aromatic rings. The Morgan fingerprint density at radius 2 is 1.95 bits per heavy atom. The molecule has 0 atom stereocenters. The van der Waals surface area contributed by atoms with E-state index < -0.39 is 0 Å². The van der Waals surface area contributed by atoms with Crippen molar-refractivity contribution in [3.63, 3.8) is 0 Å². The molecular formula is C15H10BrFN2OS. The van der Waals surface area contributed by atoms with Crippen molar-refractivity contribution in [1.29, 1.82) is 0 Å². The molecule has 1 heterocycles. The van der Waals surface area contributed by atoms with Crippen LogP contribution in [0.15, 0.2) is 62.4 Å². The van der Waals surface area contributed by atoms with E-state index in [1.807, 2.05) is 24.3 Å². The smallest absolute Gasteiger partial charge is 0.237 e. The van der Waals surface area contributed by atoms with E-state index >= 15 is 0 Å². The zero-order valence-corrected chi connectivity index (χ0v) is 13.2. The van der Waals surface area contributed by atoms with Crippen molar-refractivity contribution in [3.8, 4) is 11.4 Å². The van der Waals surface area contributed by atoms with Gasteiger partial charge in [-0.3, -0.25) is 0 Å². The molecule has 0 saturated carbocycles. The summed E-state index contributed by atoms with van der Waals surface area (Å²) in [6.07, 6.45) is 0. The monoisotopic (exact) mass is 364 g/mol. The normalized spacial score (nSPS) is 10.8. The van der Waals surface area contributed by atoms with Gasteiger partial charge >= 0.3 is 0 Å². The number of halogens is 2. The molecule has 0 unspecified atom stereocenters. The van der Waals surface area contributed by atoms with Crippen LogP contribution in [0.5, 0.6) is 0 Å². The Morgan fingerprint density at radius 1 is 1.14 bits per heavy atom. The van der Waals surface area contributed by atoms with Gasteiger partial charge in [-0.15, -0.1) is 11.8 Å². The van der Waals surface area contributed by atoms with Gasteiger partial charge in [0.25, 0.3) is 0 Å². The third kappa shape index (κ3) is 3.71. The van der Waals surface area contributed by atoms with E-state index in [-0.39, 0.29) is 5.82 Å². The second-order valence-electron chi connectivity index (χ2n) is 4.26. The molecule has 106 valence electrons. The number of thioether (sulfide) groups is 1. The molecule has 0 amide bonds. The first-order chi connectivity index (χ1) is 10.2. The zero-order chi connectivity index (χ0) is 14.7. The van der Waals surface area contributed by atoms with Crippen LogP contribution < -0.4 is 0 Å². The van der Waals surface area contributed by atoms with Crippen molar-refractivity contribution >= 4 is 27.7 Å². The molecule has 0 aliphatic heterocycles. The second-order valence-corrected chi connectivity index (χ2v) is 6.23. The minimum atomic E-state index is -0.285. The standard InChI is InChI=1S/C15H10BrFN2OS/c16-11-2-1-3-13(8-11)21-9-14-18-15(19-20-14)10-4-6-12(17)7-5-10/h1-8H,9H2. The lowest BCUT2D eigenvalue weighted by molar-refractivity contribution is 0.391. The lowest BCUT2D eigenvalue weighted by atomic mass is 10.2. The Hall–Kier alpha value is -1.66. The maximum Gasteiger partial charge on any atom is 0.237 e. The summed E-state index contributed by atoms with van der Waals surface area (Å²) in [6, 6.07) is 14.0. The molecule has 6 heteroatoms. The van der Waals surface area contributed by atoms with Crippen LogP contribution in [0.25, 0.3) is 11.4 Å². The summed E-state index contributed by atoms with van der Waals surface area (Å²) in [6.45, 7) is 0.